The third-order valence-corrected chi connectivity index (χ3v) is 7.05. The molecular formula is C28H29N2O4P. The molecule has 180 valence electrons. The number of nitrogens with one attached hydrogen (secondary N) is 2. The van der Waals surface area contributed by atoms with Crippen LogP contribution in [0.3, 0.4) is 0 Å². The monoisotopic (exact) mass is 488 g/mol. The SMILES string of the molecule is CCCCNC(=O)N[C@H](C)COp1oc2ccc3ccccc3c2c2c(ccc3ccccc32)o1. The zero-order chi connectivity index (χ0) is 24.2. The van der Waals surface area contributed by atoms with Crippen molar-refractivity contribution in [1.82, 2.24) is 10.6 Å². The van der Waals surface area contributed by atoms with Crippen LogP contribution in [0.2, 0.25) is 0 Å². The Hall–Kier alpha value is -3.47. The Kier molecular flexibility index (Phi) is 6.94. The standard InChI is InChI=1S/C28H29N2O4P/c1-3-4-17-29-28(31)30-19(2)18-32-35-33-24-15-13-20-9-5-7-11-22(20)26(24)27-23-12-8-6-10-21(23)14-16-25(27)34-35/h5-16,19H,3-4,17-18H2,1-2H3,(H2,29,30,31)/t19-/m1/s1. The van der Waals surface area contributed by atoms with Crippen molar-refractivity contribution in [2.45, 2.75) is 32.7 Å². The lowest BCUT2D eigenvalue weighted by atomic mass is 9.99. The zero-order valence-corrected chi connectivity index (χ0v) is 20.8. The first-order valence-corrected chi connectivity index (χ1v) is 13.1. The summed E-state index contributed by atoms with van der Waals surface area (Å²) in [6, 6.07) is 24.3. The maximum Gasteiger partial charge on any atom is 0.387 e. The Labute approximate surface area is 204 Å². The van der Waals surface area contributed by atoms with Crippen molar-refractivity contribution in [3.05, 3.63) is 72.8 Å². The molecule has 0 unspecified atom stereocenters. The van der Waals surface area contributed by atoms with Crippen molar-refractivity contribution in [3.8, 4) is 0 Å². The first-order valence-electron chi connectivity index (χ1n) is 12.0. The van der Waals surface area contributed by atoms with Crippen LogP contribution in [0.1, 0.15) is 26.7 Å². The summed E-state index contributed by atoms with van der Waals surface area (Å²) >= 11 is 0. The Morgan fingerprint density at radius 1 is 0.886 bits per heavy atom. The van der Waals surface area contributed by atoms with Gasteiger partial charge in [-0.2, -0.15) is 0 Å². The van der Waals surface area contributed by atoms with Gasteiger partial charge in [0.05, 0.1) is 12.6 Å². The van der Waals surface area contributed by atoms with E-state index >= 15 is 0 Å². The highest BCUT2D eigenvalue weighted by Gasteiger charge is 2.14. The van der Waals surface area contributed by atoms with Gasteiger partial charge in [0.15, 0.2) is 0 Å². The second-order valence-corrected chi connectivity index (χ2v) is 9.75. The summed E-state index contributed by atoms with van der Waals surface area (Å²) in [5, 5.41) is 12.2. The maximum atomic E-state index is 12.1. The highest BCUT2D eigenvalue weighted by atomic mass is 31.1. The normalized spacial score (nSPS) is 12.3. The molecule has 0 saturated carbocycles. The number of carbonyl (C=O) groups is 1. The van der Waals surface area contributed by atoms with Crippen LogP contribution in [0.15, 0.2) is 81.2 Å². The van der Waals surface area contributed by atoms with Gasteiger partial charge in [0, 0.05) is 17.3 Å². The summed E-state index contributed by atoms with van der Waals surface area (Å²) < 4.78 is 18.7. The second-order valence-electron chi connectivity index (χ2n) is 8.68. The van der Waals surface area contributed by atoms with Crippen LogP contribution in [0.25, 0.3) is 43.5 Å². The fourth-order valence-electron chi connectivity index (χ4n) is 4.27. The molecule has 1 atom stereocenters. The highest BCUT2D eigenvalue weighted by Crippen LogP contribution is 2.40. The molecule has 5 aromatic rings. The van der Waals surface area contributed by atoms with Crippen molar-refractivity contribution < 1.29 is 17.7 Å². The van der Waals surface area contributed by atoms with E-state index in [4.69, 9.17) is 12.9 Å². The van der Waals surface area contributed by atoms with Crippen molar-refractivity contribution >= 4 is 57.8 Å². The minimum absolute atomic E-state index is 0.196. The van der Waals surface area contributed by atoms with Gasteiger partial charge in [-0.3, -0.25) is 4.52 Å². The average molecular weight is 489 g/mol. The summed E-state index contributed by atoms with van der Waals surface area (Å²) in [5.74, 6) is 0. The first-order chi connectivity index (χ1) is 17.1. The van der Waals surface area contributed by atoms with E-state index in [2.05, 4.69) is 54.0 Å². The van der Waals surface area contributed by atoms with Crippen molar-refractivity contribution in [1.29, 1.82) is 0 Å². The Bertz CT molecular complexity index is 1450. The summed E-state index contributed by atoms with van der Waals surface area (Å²) in [4.78, 5) is 12.1. The fraction of sp³-hybridized carbons (Fsp3) is 0.250. The minimum Gasteiger partial charge on any atom is -0.399 e. The van der Waals surface area contributed by atoms with Crippen LogP contribution < -0.4 is 15.2 Å². The van der Waals surface area contributed by atoms with E-state index in [0.29, 0.717) is 6.54 Å². The molecule has 1 heterocycles. The third-order valence-electron chi connectivity index (χ3n) is 6.00. The molecule has 0 radical (unpaired) electrons. The number of hydrogen-bond donors (Lipinski definition) is 2. The van der Waals surface area contributed by atoms with Gasteiger partial charge in [-0.1, -0.05) is 74.0 Å². The van der Waals surface area contributed by atoms with Crippen LogP contribution in [0, 0.1) is 0 Å². The second kappa shape index (κ2) is 10.4. The summed E-state index contributed by atoms with van der Waals surface area (Å²) in [5.41, 5.74) is 1.45. The number of hydrogen-bond acceptors (Lipinski definition) is 4. The van der Waals surface area contributed by atoms with Crippen LogP contribution in [0.4, 0.5) is 4.79 Å². The zero-order valence-electron chi connectivity index (χ0n) is 19.9. The molecule has 2 amide bonds. The Morgan fingerprint density at radius 3 is 2.03 bits per heavy atom. The summed E-state index contributed by atoms with van der Waals surface area (Å²) in [7, 11) is -1.73. The molecule has 5 rings (SSSR count). The molecule has 0 saturated heterocycles. The van der Waals surface area contributed by atoms with Crippen molar-refractivity contribution in [2.24, 2.45) is 0 Å². The quantitative estimate of drug-likeness (QED) is 0.232. The Balaban J connectivity index is 1.57. The number of benzene rings is 4. The molecule has 7 heteroatoms. The molecule has 2 N–H and O–H groups in total. The maximum absolute atomic E-state index is 12.1. The molecule has 0 aliphatic heterocycles. The first kappa shape index (κ1) is 23.3. The number of carbonyl (C=O) groups excluding carboxylic acids is 1. The topological polar surface area (TPSA) is 76.6 Å². The predicted octanol–water partition coefficient (Wildman–Crippen LogP) is 7.51. The van der Waals surface area contributed by atoms with Gasteiger partial charge in [0.25, 0.3) is 0 Å². The molecule has 0 fully saturated rings. The summed E-state index contributed by atoms with van der Waals surface area (Å²) in [6.07, 6.45) is 1.99. The highest BCUT2D eigenvalue weighted by molar-refractivity contribution is 7.31. The largest absolute Gasteiger partial charge is 0.399 e. The molecule has 4 aromatic carbocycles. The molecule has 0 aliphatic rings. The molecule has 0 aliphatic carbocycles. The smallest absolute Gasteiger partial charge is 0.387 e. The van der Waals surface area contributed by atoms with Crippen molar-refractivity contribution in [2.75, 3.05) is 13.2 Å². The Morgan fingerprint density at radius 2 is 1.46 bits per heavy atom. The van der Waals surface area contributed by atoms with E-state index in [1.165, 1.54) is 0 Å². The van der Waals surface area contributed by atoms with Crippen LogP contribution in [-0.4, -0.2) is 25.2 Å². The van der Waals surface area contributed by atoms with Crippen LogP contribution in [-0.2, 0) is 0 Å². The molecular weight excluding hydrogens is 459 g/mol. The lowest BCUT2D eigenvalue weighted by molar-refractivity contribution is 0.232. The average Bonchev–Trinajstić information content (AvgIpc) is 3.04. The fourth-order valence-corrected chi connectivity index (χ4v) is 5.38. The molecule has 1 aromatic heterocycles. The summed E-state index contributed by atoms with van der Waals surface area (Å²) in [6.45, 7) is 4.91. The third kappa shape index (κ3) is 5.00. The van der Waals surface area contributed by atoms with Gasteiger partial charge in [-0.25, -0.2) is 4.79 Å². The lowest BCUT2D eigenvalue weighted by Crippen LogP contribution is -2.43. The van der Waals surface area contributed by atoms with E-state index in [9.17, 15) is 4.79 Å². The van der Waals surface area contributed by atoms with Crippen LogP contribution >= 0.6 is 8.24 Å². The van der Waals surface area contributed by atoms with Gasteiger partial charge in [0.1, 0.15) is 11.2 Å². The van der Waals surface area contributed by atoms with Gasteiger partial charge < -0.3 is 19.0 Å². The van der Waals surface area contributed by atoms with E-state index in [1.807, 2.05) is 43.3 Å². The van der Waals surface area contributed by atoms with Crippen molar-refractivity contribution in [3.63, 3.8) is 0 Å². The van der Waals surface area contributed by atoms with E-state index < -0.39 is 8.24 Å². The van der Waals surface area contributed by atoms with E-state index in [1.54, 1.807) is 0 Å². The lowest BCUT2D eigenvalue weighted by Gasteiger charge is -2.13. The molecule has 0 spiro atoms. The number of fused-ring (bicyclic) bond motifs is 7. The molecule has 35 heavy (non-hydrogen) atoms. The van der Waals surface area contributed by atoms with Gasteiger partial charge in [0.2, 0.25) is 0 Å². The van der Waals surface area contributed by atoms with Gasteiger partial charge in [-0.05, 0) is 47.0 Å². The van der Waals surface area contributed by atoms with Gasteiger partial charge >= 0.3 is 14.3 Å². The molecule has 6 nitrogen and oxygen atoms in total. The van der Waals surface area contributed by atoms with E-state index in [-0.39, 0.29) is 18.7 Å². The van der Waals surface area contributed by atoms with Crippen LogP contribution in [0.5, 0.6) is 0 Å². The minimum atomic E-state index is -1.73. The van der Waals surface area contributed by atoms with E-state index in [0.717, 1.165) is 56.3 Å². The number of rotatable bonds is 7. The van der Waals surface area contributed by atoms with Gasteiger partial charge in [-0.15, -0.1) is 0 Å². The molecule has 0 bridgehead atoms. The number of unbranched alkanes of at least 4 members (excludes halogenated alkanes) is 1. The number of urea groups is 1. The predicted molar refractivity (Wildman–Crippen MR) is 144 cm³/mol. The number of amides is 2.